The largest absolute Gasteiger partial charge is 0.465 e. The van der Waals surface area contributed by atoms with Gasteiger partial charge in [-0.25, -0.2) is 4.79 Å². The van der Waals surface area contributed by atoms with E-state index >= 15 is 0 Å². The summed E-state index contributed by atoms with van der Waals surface area (Å²) in [5.74, 6) is -0.592. The molecule has 1 aliphatic rings. The smallest absolute Gasteiger partial charge is 0.341 e. The Kier molecular flexibility index (Phi) is 5.76. The van der Waals surface area contributed by atoms with Gasteiger partial charge in [0, 0.05) is 10.4 Å². The summed E-state index contributed by atoms with van der Waals surface area (Å²) >= 11 is 1.51. The van der Waals surface area contributed by atoms with Gasteiger partial charge in [0.1, 0.15) is 5.00 Å². The van der Waals surface area contributed by atoms with Crippen LogP contribution in [0.1, 0.15) is 50.4 Å². The van der Waals surface area contributed by atoms with Crippen LogP contribution in [-0.4, -0.2) is 19.0 Å². The highest BCUT2D eigenvalue weighted by Crippen LogP contribution is 2.38. The minimum atomic E-state index is -0.376. The van der Waals surface area contributed by atoms with Crippen molar-refractivity contribution in [2.24, 2.45) is 0 Å². The number of carbonyl (C=O) groups excluding carboxylic acids is 2. The first kappa shape index (κ1) is 19.4. The fourth-order valence-corrected chi connectivity index (χ4v) is 5.04. The van der Waals surface area contributed by atoms with Gasteiger partial charge in [-0.2, -0.15) is 0 Å². The Bertz CT molecular complexity index is 1020. The molecule has 4 nitrogen and oxygen atoms in total. The van der Waals surface area contributed by atoms with Gasteiger partial charge in [0.25, 0.3) is 5.91 Å². The first-order valence-corrected chi connectivity index (χ1v) is 10.7. The zero-order chi connectivity index (χ0) is 20.2. The highest BCUT2D eigenvalue weighted by Gasteiger charge is 2.26. The highest BCUT2D eigenvalue weighted by atomic mass is 32.1. The summed E-state index contributed by atoms with van der Waals surface area (Å²) in [5.41, 5.74) is 4.30. The van der Waals surface area contributed by atoms with E-state index in [2.05, 4.69) is 5.32 Å². The summed E-state index contributed by atoms with van der Waals surface area (Å²) in [6.07, 6.45) is 5.14. The predicted octanol–water partition coefficient (Wildman–Crippen LogP) is 5.72. The molecular formula is C24H23NO3S. The fourth-order valence-electron chi connectivity index (χ4n) is 3.77. The maximum absolute atomic E-state index is 12.8. The molecule has 29 heavy (non-hydrogen) atoms. The first-order valence-electron chi connectivity index (χ1n) is 9.87. The van der Waals surface area contributed by atoms with Crippen molar-refractivity contribution in [2.75, 3.05) is 12.4 Å². The van der Waals surface area contributed by atoms with E-state index in [4.69, 9.17) is 4.74 Å². The Balaban J connectivity index is 1.59. The summed E-state index contributed by atoms with van der Waals surface area (Å²) in [5, 5.41) is 3.56. The summed E-state index contributed by atoms with van der Waals surface area (Å²) < 4.78 is 5.01. The molecule has 0 fully saturated rings. The maximum Gasteiger partial charge on any atom is 0.341 e. The Labute approximate surface area is 174 Å². The van der Waals surface area contributed by atoms with Crippen LogP contribution in [0.15, 0.2) is 54.6 Å². The summed E-state index contributed by atoms with van der Waals surface area (Å²) in [6.45, 7) is 0. The number of carbonyl (C=O) groups is 2. The van der Waals surface area contributed by atoms with Crippen LogP contribution in [0.5, 0.6) is 0 Å². The number of hydrogen-bond donors (Lipinski definition) is 1. The number of aryl methyl sites for hydroxylation is 1. The Morgan fingerprint density at radius 1 is 0.897 bits per heavy atom. The van der Waals surface area contributed by atoms with Crippen LogP contribution in [0.3, 0.4) is 0 Å². The zero-order valence-electron chi connectivity index (χ0n) is 16.4. The van der Waals surface area contributed by atoms with Gasteiger partial charge in [-0.3, -0.25) is 4.79 Å². The molecule has 0 spiro atoms. The van der Waals surface area contributed by atoms with Gasteiger partial charge in [0.2, 0.25) is 0 Å². The van der Waals surface area contributed by atoms with Crippen LogP contribution in [0.2, 0.25) is 0 Å². The average Bonchev–Trinajstić information content (AvgIpc) is 2.94. The third kappa shape index (κ3) is 4.10. The number of hydrogen-bond acceptors (Lipinski definition) is 4. The van der Waals surface area contributed by atoms with Crippen molar-refractivity contribution in [1.29, 1.82) is 0 Å². The second-order valence-corrected chi connectivity index (χ2v) is 8.26. The van der Waals surface area contributed by atoms with Crippen LogP contribution in [-0.2, 0) is 17.6 Å². The third-order valence-electron chi connectivity index (χ3n) is 5.29. The van der Waals surface area contributed by atoms with E-state index in [-0.39, 0.29) is 11.9 Å². The van der Waals surface area contributed by atoms with Crippen molar-refractivity contribution < 1.29 is 14.3 Å². The lowest BCUT2D eigenvalue weighted by atomic mass is 10.0. The molecule has 2 aromatic carbocycles. The number of benzene rings is 2. The number of amides is 1. The van der Waals surface area contributed by atoms with Crippen LogP contribution in [0.25, 0.3) is 11.1 Å². The Morgan fingerprint density at radius 3 is 2.31 bits per heavy atom. The Hall–Kier alpha value is -2.92. The predicted molar refractivity (Wildman–Crippen MR) is 117 cm³/mol. The van der Waals surface area contributed by atoms with Crippen molar-refractivity contribution in [3.8, 4) is 11.1 Å². The lowest BCUT2D eigenvalue weighted by molar-refractivity contribution is 0.0601. The average molecular weight is 406 g/mol. The lowest BCUT2D eigenvalue weighted by Crippen LogP contribution is -2.14. The summed E-state index contributed by atoms with van der Waals surface area (Å²) in [7, 11) is 1.39. The molecule has 0 atom stereocenters. The molecule has 1 aromatic heterocycles. The number of fused-ring (bicyclic) bond motifs is 1. The van der Waals surface area contributed by atoms with Crippen molar-refractivity contribution in [3.05, 3.63) is 76.2 Å². The van der Waals surface area contributed by atoms with Crippen molar-refractivity contribution >= 4 is 28.2 Å². The second kappa shape index (κ2) is 8.62. The molecule has 1 aliphatic carbocycles. The monoisotopic (exact) mass is 405 g/mol. The molecule has 0 saturated carbocycles. The van der Waals surface area contributed by atoms with Crippen molar-refractivity contribution in [3.63, 3.8) is 0 Å². The van der Waals surface area contributed by atoms with Gasteiger partial charge in [-0.05, 0) is 54.5 Å². The number of thiophene rings is 1. The number of anilines is 1. The molecule has 3 aromatic rings. The molecule has 0 aliphatic heterocycles. The van der Waals surface area contributed by atoms with E-state index in [0.717, 1.165) is 48.8 Å². The van der Waals surface area contributed by atoms with Crippen molar-refractivity contribution in [2.45, 2.75) is 32.1 Å². The molecule has 1 N–H and O–H groups in total. The number of nitrogens with one attached hydrogen (secondary N) is 1. The molecule has 1 heterocycles. The molecular weight excluding hydrogens is 382 g/mol. The molecule has 1 amide bonds. The van der Waals surface area contributed by atoms with Gasteiger partial charge >= 0.3 is 5.97 Å². The van der Waals surface area contributed by atoms with E-state index in [9.17, 15) is 9.59 Å². The Morgan fingerprint density at radius 2 is 1.59 bits per heavy atom. The van der Waals surface area contributed by atoms with Crippen LogP contribution in [0.4, 0.5) is 5.00 Å². The van der Waals surface area contributed by atoms with Crippen LogP contribution >= 0.6 is 11.3 Å². The van der Waals surface area contributed by atoms with Gasteiger partial charge in [0.15, 0.2) is 0 Å². The van der Waals surface area contributed by atoms with E-state index in [1.807, 2.05) is 54.6 Å². The molecule has 0 radical (unpaired) electrons. The normalized spacial score (nSPS) is 13.3. The number of esters is 1. The standard InChI is InChI=1S/C24H23NO3S/c1-28-24(27)21-19-10-6-3-7-11-20(19)29-23(21)25-22(26)18-14-12-17(13-15-18)16-8-4-2-5-9-16/h2,4-5,8-9,12-15H,3,6-7,10-11H2,1H3,(H,25,26). The molecule has 4 rings (SSSR count). The van der Waals surface area contributed by atoms with Gasteiger partial charge < -0.3 is 10.1 Å². The minimum Gasteiger partial charge on any atom is -0.465 e. The molecule has 5 heteroatoms. The molecule has 0 bridgehead atoms. The van der Waals surface area contributed by atoms with Gasteiger partial charge in [-0.1, -0.05) is 48.9 Å². The second-order valence-electron chi connectivity index (χ2n) is 7.16. The fraction of sp³-hybridized carbons (Fsp3) is 0.250. The van der Waals surface area contributed by atoms with Crippen molar-refractivity contribution in [1.82, 2.24) is 0 Å². The highest BCUT2D eigenvalue weighted by molar-refractivity contribution is 7.17. The van der Waals surface area contributed by atoms with Crippen LogP contribution < -0.4 is 5.32 Å². The first-order chi connectivity index (χ1) is 14.2. The molecule has 0 saturated heterocycles. The van der Waals surface area contributed by atoms with E-state index < -0.39 is 0 Å². The zero-order valence-corrected chi connectivity index (χ0v) is 17.2. The van der Waals surface area contributed by atoms with Crippen LogP contribution in [0, 0.1) is 0 Å². The quantitative estimate of drug-likeness (QED) is 0.446. The molecule has 148 valence electrons. The van der Waals surface area contributed by atoms with E-state index in [1.54, 1.807) is 0 Å². The van der Waals surface area contributed by atoms with Gasteiger partial charge in [0.05, 0.1) is 12.7 Å². The van der Waals surface area contributed by atoms with E-state index in [0.29, 0.717) is 16.1 Å². The SMILES string of the molecule is COC(=O)c1c(NC(=O)c2ccc(-c3ccccc3)cc2)sc2c1CCCCC2. The number of rotatable bonds is 4. The number of ether oxygens (including phenoxy) is 1. The molecule has 0 unspecified atom stereocenters. The summed E-state index contributed by atoms with van der Waals surface area (Å²) in [4.78, 5) is 26.5. The van der Waals surface area contributed by atoms with E-state index in [1.165, 1.54) is 23.3 Å². The topological polar surface area (TPSA) is 55.4 Å². The lowest BCUT2D eigenvalue weighted by Gasteiger charge is -2.08. The van der Waals surface area contributed by atoms with Gasteiger partial charge in [-0.15, -0.1) is 11.3 Å². The number of methoxy groups -OCH3 is 1. The maximum atomic E-state index is 12.8. The summed E-state index contributed by atoms with van der Waals surface area (Å²) in [6, 6.07) is 17.5. The minimum absolute atomic E-state index is 0.217. The third-order valence-corrected chi connectivity index (χ3v) is 6.50.